The Balaban J connectivity index is 1.44. The van der Waals surface area contributed by atoms with Crippen molar-refractivity contribution in [3.8, 4) is 0 Å². The number of carbonyl (C=O) groups excluding carboxylic acids is 1. The summed E-state index contributed by atoms with van der Waals surface area (Å²) in [6.45, 7) is 2.37. The third-order valence-electron chi connectivity index (χ3n) is 5.27. The lowest BCUT2D eigenvalue weighted by Gasteiger charge is -2.37. The fourth-order valence-corrected chi connectivity index (χ4v) is 4.10. The molecule has 0 radical (unpaired) electrons. The summed E-state index contributed by atoms with van der Waals surface area (Å²) in [4.78, 5) is 19.1. The highest BCUT2D eigenvalue weighted by Crippen LogP contribution is 2.31. The number of aromatic nitrogens is 3. The standard InChI is InChI=1S/C18H23N5O/c19-18(8-15-5-1-2-6-16(15)9-18)17(24)22-7-3-4-14(10-22)11-23-13-20-12-21-23/h1-2,5-6,12-14H,3-4,7-11,19H2. The molecule has 1 aromatic carbocycles. The maximum atomic E-state index is 13.1. The van der Waals surface area contributed by atoms with Crippen LogP contribution in [0.5, 0.6) is 0 Å². The van der Waals surface area contributed by atoms with E-state index in [9.17, 15) is 4.79 Å². The topological polar surface area (TPSA) is 77.0 Å². The van der Waals surface area contributed by atoms with Crippen molar-refractivity contribution in [1.29, 1.82) is 0 Å². The Kier molecular flexibility index (Phi) is 3.84. The summed E-state index contributed by atoms with van der Waals surface area (Å²) in [5, 5.41) is 4.18. The predicted octanol–water partition coefficient (Wildman–Crippen LogP) is 1.01. The molecule has 2 aromatic rings. The monoisotopic (exact) mass is 325 g/mol. The third kappa shape index (κ3) is 2.82. The van der Waals surface area contributed by atoms with Gasteiger partial charge in [-0.25, -0.2) is 4.98 Å². The van der Waals surface area contributed by atoms with E-state index in [1.807, 2.05) is 21.7 Å². The molecule has 1 atom stereocenters. The van der Waals surface area contributed by atoms with Crippen LogP contribution >= 0.6 is 0 Å². The van der Waals surface area contributed by atoms with E-state index in [1.165, 1.54) is 11.1 Å². The van der Waals surface area contributed by atoms with Crippen molar-refractivity contribution in [3.63, 3.8) is 0 Å². The SMILES string of the molecule is NC1(C(=O)N2CCCC(Cn3cncn3)C2)Cc2ccccc2C1. The zero-order chi connectivity index (χ0) is 16.6. The quantitative estimate of drug-likeness (QED) is 0.914. The van der Waals surface area contributed by atoms with Crippen LogP contribution in [0.3, 0.4) is 0 Å². The Labute approximate surface area is 141 Å². The largest absolute Gasteiger partial charge is 0.341 e. The lowest BCUT2D eigenvalue weighted by atomic mass is 9.91. The Hall–Kier alpha value is -2.21. The van der Waals surface area contributed by atoms with Gasteiger partial charge in [0, 0.05) is 19.6 Å². The number of piperidine rings is 1. The fraction of sp³-hybridized carbons (Fsp3) is 0.500. The molecule has 6 heteroatoms. The summed E-state index contributed by atoms with van der Waals surface area (Å²) < 4.78 is 1.85. The van der Waals surface area contributed by atoms with Crippen LogP contribution in [0.25, 0.3) is 0 Å². The first kappa shape index (κ1) is 15.3. The first-order chi connectivity index (χ1) is 11.6. The summed E-state index contributed by atoms with van der Waals surface area (Å²) in [6, 6.07) is 8.20. The minimum Gasteiger partial charge on any atom is -0.341 e. The van der Waals surface area contributed by atoms with Crippen molar-refractivity contribution >= 4 is 5.91 Å². The number of amides is 1. The van der Waals surface area contributed by atoms with Gasteiger partial charge in [-0.3, -0.25) is 9.48 Å². The number of nitrogens with two attached hydrogens (primary N) is 1. The van der Waals surface area contributed by atoms with E-state index < -0.39 is 5.54 Å². The number of fused-ring (bicyclic) bond motifs is 1. The van der Waals surface area contributed by atoms with Gasteiger partial charge in [0.15, 0.2) is 0 Å². The zero-order valence-electron chi connectivity index (χ0n) is 13.8. The Bertz CT molecular complexity index is 702. The highest BCUT2D eigenvalue weighted by Gasteiger charge is 2.43. The Morgan fingerprint density at radius 1 is 1.29 bits per heavy atom. The van der Waals surface area contributed by atoms with Gasteiger partial charge in [-0.2, -0.15) is 5.10 Å². The minimum atomic E-state index is -0.779. The second-order valence-corrected chi connectivity index (χ2v) is 7.16. The number of carbonyl (C=O) groups is 1. The fourth-order valence-electron chi connectivity index (χ4n) is 4.10. The molecule has 2 N–H and O–H groups in total. The van der Waals surface area contributed by atoms with Crippen molar-refractivity contribution in [1.82, 2.24) is 19.7 Å². The summed E-state index contributed by atoms with van der Waals surface area (Å²) in [6.07, 6.45) is 6.71. The third-order valence-corrected chi connectivity index (χ3v) is 5.27. The summed E-state index contributed by atoms with van der Waals surface area (Å²) in [7, 11) is 0. The second-order valence-electron chi connectivity index (χ2n) is 7.16. The van der Waals surface area contributed by atoms with Crippen LogP contribution in [-0.4, -0.2) is 44.2 Å². The van der Waals surface area contributed by atoms with Gasteiger partial charge in [-0.15, -0.1) is 0 Å². The van der Waals surface area contributed by atoms with Crippen LogP contribution in [0.2, 0.25) is 0 Å². The summed E-state index contributed by atoms with van der Waals surface area (Å²) >= 11 is 0. The molecule has 0 bridgehead atoms. The molecule has 1 unspecified atom stereocenters. The average Bonchev–Trinajstić information content (AvgIpc) is 3.21. The molecule has 0 saturated carbocycles. The van der Waals surface area contributed by atoms with Crippen molar-refractivity contribution in [2.24, 2.45) is 11.7 Å². The normalized spacial score (nSPS) is 22.4. The highest BCUT2D eigenvalue weighted by atomic mass is 16.2. The van der Waals surface area contributed by atoms with Crippen LogP contribution in [-0.2, 0) is 24.2 Å². The molecule has 1 aromatic heterocycles. The van der Waals surface area contributed by atoms with Crippen molar-refractivity contribution in [2.75, 3.05) is 13.1 Å². The van der Waals surface area contributed by atoms with Gasteiger partial charge in [0.25, 0.3) is 0 Å². The molecule has 1 fully saturated rings. The second kappa shape index (κ2) is 6.02. The number of hydrogen-bond donors (Lipinski definition) is 1. The number of likely N-dealkylation sites (tertiary alicyclic amines) is 1. The van der Waals surface area contributed by atoms with Crippen molar-refractivity contribution < 1.29 is 4.79 Å². The predicted molar refractivity (Wildman–Crippen MR) is 90.1 cm³/mol. The van der Waals surface area contributed by atoms with Gasteiger partial charge in [0.05, 0.1) is 0 Å². The highest BCUT2D eigenvalue weighted by molar-refractivity contribution is 5.88. The summed E-state index contributed by atoms with van der Waals surface area (Å²) in [5.41, 5.74) is 8.19. The Morgan fingerprint density at radius 3 is 2.71 bits per heavy atom. The van der Waals surface area contributed by atoms with Crippen LogP contribution in [0.15, 0.2) is 36.9 Å². The molecular formula is C18H23N5O. The van der Waals surface area contributed by atoms with E-state index in [-0.39, 0.29) is 5.91 Å². The average molecular weight is 325 g/mol. The lowest BCUT2D eigenvalue weighted by molar-refractivity contribution is -0.138. The van der Waals surface area contributed by atoms with E-state index in [0.717, 1.165) is 32.5 Å². The molecular weight excluding hydrogens is 302 g/mol. The molecule has 1 aliphatic carbocycles. The molecule has 1 amide bonds. The molecule has 1 aliphatic heterocycles. The summed E-state index contributed by atoms with van der Waals surface area (Å²) in [5.74, 6) is 0.513. The molecule has 2 aliphatic rings. The van der Waals surface area contributed by atoms with Crippen LogP contribution < -0.4 is 5.73 Å². The van der Waals surface area contributed by atoms with Gasteiger partial charge in [0.1, 0.15) is 18.2 Å². The maximum absolute atomic E-state index is 13.1. The minimum absolute atomic E-state index is 0.0991. The molecule has 1 saturated heterocycles. The molecule has 6 nitrogen and oxygen atoms in total. The lowest BCUT2D eigenvalue weighted by Crippen LogP contribution is -2.58. The van der Waals surface area contributed by atoms with Gasteiger partial charge in [-0.1, -0.05) is 24.3 Å². The van der Waals surface area contributed by atoms with Gasteiger partial charge in [-0.05, 0) is 42.7 Å². The van der Waals surface area contributed by atoms with Crippen molar-refractivity contribution in [3.05, 3.63) is 48.0 Å². The first-order valence-corrected chi connectivity index (χ1v) is 8.61. The van der Waals surface area contributed by atoms with E-state index in [4.69, 9.17) is 5.73 Å². The van der Waals surface area contributed by atoms with Crippen molar-refractivity contribution in [2.45, 2.75) is 37.8 Å². The number of hydrogen-bond acceptors (Lipinski definition) is 4. The molecule has 126 valence electrons. The Morgan fingerprint density at radius 2 is 2.04 bits per heavy atom. The smallest absolute Gasteiger partial charge is 0.243 e. The maximum Gasteiger partial charge on any atom is 0.243 e. The number of rotatable bonds is 3. The number of benzene rings is 1. The number of nitrogens with zero attached hydrogens (tertiary/aromatic N) is 4. The molecule has 0 spiro atoms. The van der Waals surface area contributed by atoms with Gasteiger partial charge in [0.2, 0.25) is 5.91 Å². The first-order valence-electron chi connectivity index (χ1n) is 8.61. The van der Waals surface area contributed by atoms with Crippen LogP contribution in [0.1, 0.15) is 24.0 Å². The molecule has 24 heavy (non-hydrogen) atoms. The van der Waals surface area contributed by atoms with E-state index in [2.05, 4.69) is 22.2 Å². The van der Waals surface area contributed by atoms with Crippen LogP contribution in [0.4, 0.5) is 0 Å². The van der Waals surface area contributed by atoms with Gasteiger partial charge >= 0.3 is 0 Å². The van der Waals surface area contributed by atoms with E-state index >= 15 is 0 Å². The molecule has 2 heterocycles. The molecule has 4 rings (SSSR count). The van der Waals surface area contributed by atoms with Crippen LogP contribution in [0, 0.1) is 5.92 Å². The van der Waals surface area contributed by atoms with E-state index in [0.29, 0.717) is 18.8 Å². The van der Waals surface area contributed by atoms with E-state index in [1.54, 1.807) is 12.7 Å². The van der Waals surface area contributed by atoms with Gasteiger partial charge < -0.3 is 10.6 Å². The zero-order valence-corrected chi connectivity index (χ0v) is 13.8.